The molecule has 0 bridgehead atoms. The van der Waals surface area contributed by atoms with E-state index < -0.39 is 17.9 Å². The van der Waals surface area contributed by atoms with Crippen molar-refractivity contribution in [3.8, 4) is 17.1 Å². The number of oxazole rings is 1. The topological polar surface area (TPSA) is 81.0 Å². The summed E-state index contributed by atoms with van der Waals surface area (Å²) >= 11 is 5.97. The van der Waals surface area contributed by atoms with Gasteiger partial charge in [-0.1, -0.05) is 11.6 Å². The van der Waals surface area contributed by atoms with Gasteiger partial charge in [0.25, 0.3) is 6.43 Å². The zero-order chi connectivity index (χ0) is 15.9. The van der Waals surface area contributed by atoms with Gasteiger partial charge in [-0.25, -0.2) is 23.5 Å². The van der Waals surface area contributed by atoms with Crippen molar-refractivity contribution in [3.63, 3.8) is 0 Å². The molecule has 0 saturated heterocycles. The molecule has 1 aromatic carbocycles. The molecule has 0 saturated carbocycles. The van der Waals surface area contributed by atoms with Crippen LogP contribution in [0.3, 0.4) is 0 Å². The van der Waals surface area contributed by atoms with Crippen molar-refractivity contribution in [2.45, 2.75) is 6.43 Å². The van der Waals surface area contributed by atoms with Gasteiger partial charge in [0, 0.05) is 5.56 Å². The predicted octanol–water partition coefficient (Wildman–Crippen LogP) is 3.18. The first-order valence-corrected chi connectivity index (χ1v) is 6.40. The number of aromatic nitrogens is 3. The standard InChI is InChI=1S/C13H8ClF2N3O3/c1-21-12-9(11(15)16)17-4-7(18-12)5-2-3-6(14)8-10(5)22-13(20)19-8/h2-4,11H,1H3,(H,19,20). The lowest BCUT2D eigenvalue weighted by Gasteiger charge is -2.08. The molecule has 22 heavy (non-hydrogen) atoms. The van der Waals surface area contributed by atoms with Crippen LogP contribution >= 0.6 is 11.6 Å². The second-order valence-electron chi connectivity index (χ2n) is 4.26. The summed E-state index contributed by atoms with van der Waals surface area (Å²) in [6, 6.07) is 3.08. The quantitative estimate of drug-likeness (QED) is 0.799. The minimum Gasteiger partial charge on any atom is -0.480 e. The Labute approximate surface area is 126 Å². The molecule has 0 aliphatic carbocycles. The van der Waals surface area contributed by atoms with Crippen LogP contribution in [0.4, 0.5) is 8.78 Å². The van der Waals surface area contributed by atoms with E-state index in [0.717, 1.165) is 6.20 Å². The molecule has 0 radical (unpaired) electrons. The van der Waals surface area contributed by atoms with Crippen LogP contribution in [-0.2, 0) is 0 Å². The smallest absolute Gasteiger partial charge is 0.417 e. The number of H-pyrrole nitrogens is 1. The van der Waals surface area contributed by atoms with Gasteiger partial charge in [-0.3, -0.25) is 4.98 Å². The number of nitrogens with zero attached hydrogens (tertiary/aromatic N) is 2. The zero-order valence-electron chi connectivity index (χ0n) is 11.1. The molecule has 6 nitrogen and oxygen atoms in total. The van der Waals surface area contributed by atoms with Crippen LogP contribution in [0.25, 0.3) is 22.4 Å². The van der Waals surface area contributed by atoms with Crippen molar-refractivity contribution in [3.05, 3.63) is 39.6 Å². The Morgan fingerprint density at radius 1 is 1.41 bits per heavy atom. The molecule has 0 unspecified atom stereocenters. The monoisotopic (exact) mass is 327 g/mol. The van der Waals surface area contributed by atoms with E-state index in [1.165, 1.54) is 13.2 Å². The summed E-state index contributed by atoms with van der Waals surface area (Å²) in [5.74, 6) is -0.984. The molecule has 114 valence electrons. The first-order valence-electron chi connectivity index (χ1n) is 6.02. The second-order valence-corrected chi connectivity index (χ2v) is 4.67. The molecule has 2 heterocycles. The van der Waals surface area contributed by atoms with Gasteiger partial charge in [0.2, 0.25) is 5.88 Å². The van der Waals surface area contributed by atoms with Gasteiger partial charge < -0.3 is 9.15 Å². The lowest BCUT2D eigenvalue weighted by atomic mass is 10.1. The number of aromatic amines is 1. The average molecular weight is 328 g/mol. The Morgan fingerprint density at radius 3 is 2.86 bits per heavy atom. The van der Waals surface area contributed by atoms with Crippen LogP contribution in [-0.4, -0.2) is 22.1 Å². The normalized spacial score (nSPS) is 11.3. The molecule has 0 aliphatic rings. The highest BCUT2D eigenvalue weighted by Gasteiger charge is 2.20. The predicted molar refractivity (Wildman–Crippen MR) is 74.4 cm³/mol. The van der Waals surface area contributed by atoms with Crippen molar-refractivity contribution in [2.75, 3.05) is 7.11 Å². The van der Waals surface area contributed by atoms with E-state index >= 15 is 0 Å². The Kier molecular flexibility index (Phi) is 3.53. The van der Waals surface area contributed by atoms with Gasteiger partial charge in [-0.05, 0) is 12.1 Å². The van der Waals surface area contributed by atoms with Gasteiger partial charge in [0.05, 0.1) is 24.0 Å². The summed E-state index contributed by atoms with van der Waals surface area (Å²) in [5, 5.41) is 0.286. The number of nitrogens with one attached hydrogen (secondary N) is 1. The molecule has 0 atom stereocenters. The minimum absolute atomic E-state index is 0.165. The van der Waals surface area contributed by atoms with E-state index in [4.69, 9.17) is 20.8 Å². The number of benzene rings is 1. The summed E-state index contributed by atoms with van der Waals surface area (Å²) in [5.41, 5.74) is 0.489. The third kappa shape index (κ3) is 2.31. The first kappa shape index (κ1) is 14.5. The van der Waals surface area contributed by atoms with E-state index in [0.29, 0.717) is 11.1 Å². The van der Waals surface area contributed by atoms with E-state index in [1.807, 2.05) is 0 Å². The third-order valence-electron chi connectivity index (χ3n) is 2.97. The SMILES string of the molecule is COc1nc(-c2ccc(Cl)c3[nH]c(=O)oc23)cnc1C(F)F. The van der Waals surface area contributed by atoms with Crippen molar-refractivity contribution in [2.24, 2.45) is 0 Å². The maximum atomic E-state index is 12.8. The molecule has 0 fully saturated rings. The number of hydrogen-bond acceptors (Lipinski definition) is 5. The highest BCUT2D eigenvalue weighted by Crippen LogP contribution is 2.33. The van der Waals surface area contributed by atoms with Gasteiger partial charge in [0.1, 0.15) is 5.52 Å². The van der Waals surface area contributed by atoms with Gasteiger partial charge in [-0.2, -0.15) is 0 Å². The Hall–Kier alpha value is -2.48. The van der Waals surface area contributed by atoms with Crippen molar-refractivity contribution in [1.29, 1.82) is 0 Å². The van der Waals surface area contributed by atoms with E-state index in [9.17, 15) is 13.6 Å². The van der Waals surface area contributed by atoms with E-state index in [2.05, 4.69) is 15.0 Å². The maximum absolute atomic E-state index is 12.8. The van der Waals surface area contributed by atoms with Crippen molar-refractivity contribution >= 4 is 22.7 Å². The zero-order valence-corrected chi connectivity index (χ0v) is 11.8. The first-order chi connectivity index (χ1) is 10.5. The third-order valence-corrected chi connectivity index (χ3v) is 3.29. The molecule has 3 rings (SSSR count). The molecule has 1 N–H and O–H groups in total. The maximum Gasteiger partial charge on any atom is 0.417 e. The summed E-state index contributed by atoms with van der Waals surface area (Å²) in [6.45, 7) is 0. The molecular formula is C13H8ClF2N3O3. The van der Waals surface area contributed by atoms with Crippen LogP contribution < -0.4 is 10.5 Å². The fourth-order valence-electron chi connectivity index (χ4n) is 2.01. The summed E-state index contributed by atoms with van der Waals surface area (Å²) in [6.07, 6.45) is -1.66. The Morgan fingerprint density at radius 2 is 2.18 bits per heavy atom. The molecule has 2 aromatic heterocycles. The van der Waals surface area contributed by atoms with Crippen molar-refractivity contribution in [1.82, 2.24) is 15.0 Å². The van der Waals surface area contributed by atoms with E-state index in [1.54, 1.807) is 6.07 Å². The van der Waals surface area contributed by atoms with E-state index in [-0.39, 0.29) is 22.2 Å². The van der Waals surface area contributed by atoms with Crippen LogP contribution in [0.2, 0.25) is 5.02 Å². The number of methoxy groups -OCH3 is 1. The van der Waals surface area contributed by atoms with Gasteiger partial charge in [0.15, 0.2) is 11.3 Å². The largest absolute Gasteiger partial charge is 0.480 e. The van der Waals surface area contributed by atoms with Crippen LogP contribution in [0.15, 0.2) is 27.5 Å². The Balaban J connectivity index is 2.24. The van der Waals surface area contributed by atoms with Crippen molar-refractivity contribution < 1.29 is 17.9 Å². The molecule has 3 aromatic rings. The lowest BCUT2D eigenvalue weighted by molar-refractivity contribution is 0.140. The Bertz CT molecular complexity index is 907. The molecular weight excluding hydrogens is 320 g/mol. The molecule has 9 heteroatoms. The fraction of sp³-hybridized carbons (Fsp3) is 0.154. The number of hydrogen-bond donors (Lipinski definition) is 1. The molecule has 0 spiro atoms. The number of ether oxygens (including phenoxy) is 1. The minimum atomic E-state index is -2.81. The number of rotatable bonds is 3. The fourth-order valence-corrected chi connectivity index (χ4v) is 2.21. The van der Waals surface area contributed by atoms with Crippen LogP contribution in [0.1, 0.15) is 12.1 Å². The van der Waals surface area contributed by atoms with Crippen LogP contribution in [0, 0.1) is 0 Å². The highest BCUT2D eigenvalue weighted by atomic mass is 35.5. The summed E-state index contributed by atoms with van der Waals surface area (Å²) in [7, 11) is 1.22. The van der Waals surface area contributed by atoms with Gasteiger partial charge >= 0.3 is 5.76 Å². The highest BCUT2D eigenvalue weighted by molar-refractivity contribution is 6.35. The number of fused-ring (bicyclic) bond motifs is 1. The number of alkyl halides is 2. The second kappa shape index (κ2) is 5.38. The summed E-state index contributed by atoms with van der Waals surface area (Å²) < 4.78 is 35.4. The average Bonchev–Trinajstić information content (AvgIpc) is 2.89. The molecule has 0 amide bonds. The van der Waals surface area contributed by atoms with Gasteiger partial charge in [-0.15, -0.1) is 0 Å². The molecule has 0 aliphatic heterocycles. The lowest BCUT2D eigenvalue weighted by Crippen LogP contribution is -2.00. The van der Waals surface area contributed by atoms with Crippen LogP contribution in [0.5, 0.6) is 5.88 Å². The number of halogens is 3. The summed E-state index contributed by atoms with van der Waals surface area (Å²) in [4.78, 5) is 21.4.